The number of hydrogen-bond donors (Lipinski definition) is 0. The third kappa shape index (κ3) is 5.62. The highest BCUT2D eigenvalue weighted by atomic mass is 35.5. The Morgan fingerprint density at radius 3 is 1.98 bits per heavy atom. The lowest BCUT2D eigenvalue weighted by molar-refractivity contribution is 0.104. The summed E-state index contributed by atoms with van der Waals surface area (Å²) in [6.07, 6.45) is 3.18. The maximum atomic E-state index is 14.4. The van der Waals surface area contributed by atoms with E-state index in [0.717, 1.165) is 33.1 Å². The number of halogens is 1. The highest BCUT2D eigenvalue weighted by molar-refractivity contribution is 6.31. The van der Waals surface area contributed by atoms with Crippen LogP contribution in [0.5, 0.6) is 0 Å². The van der Waals surface area contributed by atoms with Crippen LogP contribution in [0.3, 0.4) is 0 Å². The second-order valence-electron chi connectivity index (χ2n) is 10.9. The molecule has 0 saturated carbocycles. The number of ketones is 1. The van der Waals surface area contributed by atoms with Crippen LogP contribution in [-0.4, -0.2) is 19.9 Å². The maximum Gasteiger partial charge on any atom is 0.263 e. The zero-order valence-corrected chi connectivity index (χ0v) is 25.1. The van der Waals surface area contributed by atoms with Gasteiger partial charge in [-0.15, -0.1) is 0 Å². The molecule has 45 heavy (non-hydrogen) atoms. The smallest absolute Gasteiger partial charge is 0.263 e. The predicted molar refractivity (Wildman–Crippen MR) is 183 cm³/mol. The summed E-state index contributed by atoms with van der Waals surface area (Å²) in [6.45, 7) is 0.895. The van der Waals surface area contributed by atoms with E-state index in [1.54, 1.807) is 16.7 Å². The summed E-state index contributed by atoms with van der Waals surface area (Å²) >= 11 is 6.53. The second kappa shape index (κ2) is 12.2. The number of aromatic nitrogens is 3. The zero-order valence-electron chi connectivity index (χ0n) is 24.3. The van der Waals surface area contributed by atoms with Crippen molar-refractivity contribution in [2.24, 2.45) is 0 Å². The van der Waals surface area contributed by atoms with Crippen molar-refractivity contribution in [1.29, 1.82) is 0 Å². The highest BCUT2D eigenvalue weighted by Crippen LogP contribution is 2.33. The lowest BCUT2D eigenvalue weighted by atomic mass is 9.93. The van der Waals surface area contributed by atoms with Gasteiger partial charge in [-0.3, -0.25) is 9.59 Å². The quantitative estimate of drug-likeness (QED) is 0.129. The van der Waals surface area contributed by atoms with Gasteiger partial charge in [0.1, 0.15) is 5.82 Å². The van der Waals surface area contributed by atoms with E-state index >= 15 is 0 Å². The van der Waals surface area contributed by atoms with Crippen LogP contribution < -0.4 is 5.56 Å². The molecule has 5 aromatic carbocycles. The minimum atomic E-state index is -0.402. The fourth-order valence-corrected chi connectivity index (χ4v) is 6.05. The van der Waals surface area contributed by atoms with Gasteiger partial charge in [-0.1, -0.05) is 115 Å². The molecule has 0 atom stereocenters. The summed E-state index contributed by atoms with van der Waals surface area (Å²) in [5.41, 5.74) is 5.62. The van der Waals surface area contributed by atoms with Crippen molar-refractivity contribution in [3.05, 3.63) is 177 Å². The number of hydrogen-bond acceptors (Lipinski definition) is 3. The molecule has 0 radical (unpaired) electrons. The molecule has 0 aliphatic carbocycles. The molecule has 0 bridgehead atoms. The Labute approximate surface area is 265 Å². The molecule has 0 unspecified atom stereocenters. The Morgan fingerprint density at radius 1 is 0.689 bits per heavy atom. The lowest BCUT2D eigenvalue weighted by Crippen LogP contribution is -2.28. The number of nitrogens with zero attached hydrogens (tertiary/aromatic N) is 3. The Kier molecular flexibility index (Phi) is 7.68. The van der Waals surface area contributed by atoms with Crippen molar-refractivity contribution in [1.82, 2.24) is 14.1 Å². The van der Waals surface area contributed by atoms with Crippen molar-refractivity contribution in [2.75, 3.05) is 0 Å². The van der Waals surface area contributed by atoms with Gasteiger partial charge < -0.3 is 9.13 Å². The molecule has 0 aliphatic heterocycles. The SMILES string of the molecule is O=C(/C=C/c1nc2ccccc2n1Cc1ccccc1)c1c(-c2ccccc2)c2cc(Cl)ccc2n(Cc2ccccc2)c1=O. The van der Waals surface area contributed by atoms with Crippen LogP contribution in [0.2, 0.25) is 5.02 Å². The largest absolute Gasteiger partial charge is 0.320 e. The van der Waals surface area contributed by atoms with Crippen LogP contribution >= 0.6 is 11.6 Å². The van der Waals surface area contributed by atoms with E-state index in [0.29, 0.717) is 35.0 Å². The molecule has 2 heterocycles. The van der Waals surface area contributed by atoms with E-state index < -0.39 is 5.78 Å². The number of carbonyl (C=O) groups excluding carboxylic acids is 1. The van der Waals surface area contributed by atoms with Crippen molar-refractivity contribution >= 4 is 45.4 Å². The number of imidazole rings is 1. The van der Waals surface area contributed by atoms with Crippen molar-refractivity contribution < 1.29 is 4.79 Å². The first kappa shape index (κ1) is 28.3. The molecule has 218 valence electrons. The van der Waals surface area contributed by atoms with E-state index in [-0.39, 0.29) is 11.1 Å². The van der Waals surface area contributed by atoms with Crippen LogP contribution in [0.4, 0.5) is 0 Å². The van der Waals surface area contributed by atoms with Gasteiger partial charge >= 0.3 is 0 Å². The molecule has 0 spiro atoms. The number of pyridine rings is 1. The minimum Gasteiger partial charge on any atom is -0.320 e. The molecule has 2 aromatic heterocycles. The van der Waals surface area contributed by atoms with E-state index in [1.807, 2.05) is 115 Å². The average Bonchev–Trinajstić information content (AvgIpc) is 3.42. The Hall–Kier alpha value is -5.52. The van der Waals surface area contributed by atoms with Crippen molar-refractivity contribution in [3.8, 4) is 11.1 Å². The molecule has 0 N–H and O–H groups in total. The first-order valence-corrected chi connectivity index (χ1v) is 15.1. The molecular weight excluding hydrogens is 578 g/mol. The normalized spacial score (nSPS) is 11.5. The Balaban J connectivity index is 1.41. The Bertz CT molecular complexity index is 2250. The van der Waals surface area contributed by atoms with Crippen LogP contribution in [0.15, 0.2) is 144 Å². The van der Waals surface area contributed by atoms with Gasteiger partial charge in [-0.2, -0.15) is 0 Å². The zero-order chi connectivity index (χ0) is 30.8. The van der Waals surface area contributed by atoms with Gasteiger partial charge in [0.15, 0.2) is 5.78 Å². The first-order chi connectivity index (χ1) is 22.1. The number of fused-ring (bicyclic) bond motifs is 2. The van der Waals surface area contributed by atoms with Gasteiger partial charge in [0, 0.05) is 22.5 Å². The van der Waals surface area contributed by atoms with E-state index in [4.69, 9.17) is 16.6 Å². The molecular formula is C39H28ClN3O2. The molecule has 7 aromatic rings. The number of para-hydroxylation sites is 2. The third-order valence-electron chi connectivity index (χ3n) is 7.97. The predicted octanol–water partition coefficient (Wildman–Crippen LogP) is 8.66. The third-order valence-corrected chi connectivity index (χ3v) is 8.21. The maximum absolute atomic E-state index is 14.4. The fraction of sp³-hybridized carbons (Fsp3) is 0.0513. The Morgan fingerprint density at radius 2 is 1.29 bits per heavy atom. The summed E-state index contributed by atoms with van der Waals surface area (Å²) in [4.78, 5) is 33.5. The monoisotopic (exact) mass is 605 g/mol. The minimum absolute atomic E-state index is 0.0915. The highest BCUT2D eigenvalue weighted by Gasteiger charge is 2.23. The van der Waals surface area contributed by atoms with Crippen LogP contribution in [0, 0.1) is 0 Å². The van der Waals surface area contributed by atoms with Crippen LogP contribution in [0.1, 0.15) is 27.3 Å². The van der Waals surface area contributed by atoms with E-state index in [1.165, 1.54) is 6.08 Å². The lowest BCUT2D eigenvalue weighted by Gasteiger charge is -2.18. The summed E-state index contributed by atoms with van der Waals surface area (Å²) in [7, 11) is 0. The summed E-state index contributed by atoms with van der Waals surface area (Å²) < 4.78 is 3.75. The summed E-state index contributed by atoms with van der Waals surface area (Å²) in [5.74, 6) is 0.226. The first-order valence-electron chi connectivity index (χ1n) is 14.7. The molecule has 0 fully saturated rings. The van der Waals surface area contributed by atoms with Gasteiger partial charge in [0.2, 0.25) is 0 Å². The number of benzene rings is 5. The molecule has 0 aliphatic rings. The average molecular weight is 606 g/mol. The van der Waals surface area contributed by atoms with E-state index in [2.05, 4.69) is 16.7 Å². The molecule has 7 rings (SSSR count). The van der Waals surface area contributed by atoms with Gasteiger partial charge in [-0.05, 0) is 59.2 Å². The molecule has 6 heteroatoms. The van der Waals surface area contributed by atoms with E-state index in [9.17, 15) is 9.59 Å². The van der Waals surface area contributed by atoms with Crippen LogP contribution in [0.25, 0.3) is 39.1 Å². The molecule has 5 nitrogen and oxygen atoms in total. The topological polar surface area (TPSA) is 56.9 Å². The standard InChI is InChI=1S/C39H28ClN3O2/c40-30-20-21-33-31(24-30)37(29-16-8-3-9-17-29)38(39(45)43(33)26-28-14-6-2-7-15-28)35(44)22-23-36-41-32-18-10-11-19-34(32)42(36)25-27-12-4-1-5-13-27/h1-24H,25-26H2/b23-22+. The fourth-order valence-electron chi connectivity index (χ4n) is 5.87. The van der Waals surface area contributed by atoms with Crippen LogP contribution in [-0.2, 0) is 13.1 Å². The number of rotatable bonds is 8. The summed E-state index contributed by atoms with van der Waals surface area (Å²) in [6, 6.07) is 42.8. The van der Waals surface area contributed by atoms with Gasteiger partial charge in [0.05, 0.1) is 28.7 Å². The summed E-state index contributed by atoms with van der Waals surface area (Å²) in [5, 5.41) is 1.26. The molecule has 0 saturated heterocycles. The van der Waals surface area contributed by atoms with Crippen molar-refractivity contribution in [3.63, 3.8) is 0 Å². The number of allylic oxidation sites excluding steroid dienone is 1. The van der Waals surface area contributed by atoms with Crippen molar-refractivity contribution in [2.45, 2.75) is 13.1 Å². The number of carbonyl (C=O) groups is 1. The second-order valence-corrected chi connectivity index (χ2v) is 11.3. The van der Waals surface area contributed by atoms with Gasteiger partial charge in [0.25, 0.3) is 5.56 Å². The molecule has 0 amide bonds. The van der Waals surface area contributed by atoms with Gasteiger partial charge in [-0.25, -0.2) is 4.98 Å².